The van der Waals surface area contributed by atoms with Crippen LogP contribution in [0.15, 0.2) is 0 Å². The minimum Gasteiger partial charge on any atom is -0.466 e. The maximum Gasteiger partial charge on any atom is 0.302 e. The molecule has 0 aromatic heterocycles. The van der Waals surface area contributed by atoms with E-state index in [1.54, 1.807) is 0 Å². The van der Waals surface area contributed by atoms with E-state index in [1.165, 1.54) is 6.92 Å². The molecule has 60 valence electrons. The molecule has 4 heteroatoms. The van der Waals surface area contributed by atoms with Crippen molar-refractivity contribution in [1.29, 1.82) is 0 Å². The van der Waals surface area contributed by atoms with Crippen LogP contribution in [-0.4, -0.2) is 24.4 Å². The Kier molecular flexibility index (Phi) is 5.43. The van der Waals surface area contributed by atoms with Crippen LogP contribution in [0, 0.1) is 0 Å². The topological polar surface area (TPSA) is 52.3 Å². The zero-order valence-corrected chi connectivity index (χ0v) is 6.93. The van der Waals surface area contributed by atoms with Crippen LogP contribution in [-0.2, 0) is 9.53 Å². The van der Waals surface area contributed by atoms with E-state index < -0.39 is 0 Å². The predicted octanol–water partition coefficient (Wildman–Crippen LogP) is 0.197. The van der Waals surface area contributed by atoms with E-state index in [0.29, 0.717) is 18.8 Å². The largest absolute Gasteiger partial charge is 0.466 e. The average molecular weight is 163 g/mol. The van der Waals surface area contributed by atoms with E-state index in [2.05, 4.69) is 17.4 Å². The number of hydrogen-bond donors (Lipinski definition) is 2. The molecule has 0 fully saturated rings. The van der Waals surface area contributed by atoms with Gasteiger partial charge in [-0.05, 0) is 6.42 Å². The van der Waals surface area contributed by atoms with Gasteiger partial charge in [0.15, 0.2) is 0 Å². The molecule has 0 aliphatic carbocycles. The standard InChI is InChI=1S/C6H13NO2S/c1-5(8)9-3-2-6(7)4-10/h6,10H,2-4,7H2,1H3/t6-/m0/s1. The molecule has 0 aliphatic rings. The molecule has 2 N–H and O–H groups in total. The number of thiol groups is 1. The van der Waals surface area contributed by atoms with Crippen LogP contribution >= 0.6 is 12.6 Å². The van der Waals surface area contributed by atoms with Crippen molar-refractivity contribution in [3.63, 3.8) is 0 Å². The first-order valence-electron chi connectivity index (χ1n) is 3.16. The van der Waals surface area contributed by atoms with Gasteiger partial charge in [0.25, 0.3) is 0 Å². The Morgan fingerprint density at radius 1 is 1.80 bits per heavy atom. The van der Waals surface area contributed by atoms with E-state index in [0.717, 1.165) is 0 Å². The molecule has 0 aromatic rings. The molecule has 1 atom stereocenters. The van der Waals surface area contributed by atoms with Crippen molar-refractivity contribution in [1.82, 2.24) is 0 Å². The lowest BCUT2D eigenvalue weighted by molar-refractivity contribution is -0.141. The third-order valence-electron chi connectivity index (χ3n) is 1.03. The van der Waals surface area contributed by atoms with Crippen LogP contribution in [0.4, 0.5) is 0 Å². The number of carbonyl (C=O) groups is 1. The molecule has 0 bridgehead atoms. The summed E-state index contributed by atoms with van der Waals surface area (Å²) < 4.78 is 4.66. The normalized spacial score (nSPS) is 12.7. The number of rotatable bonds is 4. The maximum atomic E-state index is 10.2. The number of hydrogen-bond acceptors (Lipinski definition) is 4. The molecule has 0 aromatic carbocycles. The third-order valence-corrected chi connectivity index (χ3v) is 1.50. The highest BCUT2D eigenvalue weighted by Gasteiger charge is 1.99. The summed E-state index contributed by atoms with van der Waals surface area (Å²) >= 11 is 3.97. The average Bonchev–Trinajstić information content (AvgIpc) is 1.87. The summed E-state index contributed by atoms with van der Waals surface area (Å²) in [7, 11) is 0. The van der Waals surface area contributed by atoms with E-state index in [4.69, 9.17) is 5.73 Å². The second-order valence-corrected chi connectivity index (χ2v) is 2.44. The quantitative estimate of drug-likeness (QED) is 0.460. The summed E-state index contributed by atoms with van der Waals surface area (Å²) in [5.74, 6) is 0.368. The van der Waals surface area contributed by atoms with E-state index in [9.17, 15) is 4.79 Å². The second kappa shape index (κ2) is 5.56. The van der Waals surface area contributed by atoms with Crippen molar-refractivity contribution in [3.05, 3.63) is 0 Å². The van der Waals surface area contributed by atoms with Crippen LogP contribution in [0.25, 0.3) is 0 Å². The summed E-state index contributed by atoms with van der Waals surface area (Å²) in [5, 5.41) is 0. The van der Waals surface area contributed by atoms with Gasteiger partial charge in [0.1, 0.15) is 0 Å². The molecule has 0 saturated carbocycles. The molecular weight excluding hydrogens is 150 g/mol. The molecule has 0 unspecified atom stereocenters. The summed E-state index contributed by atoms with van der Waals surface area (Å²) in [6.07, 6.45) is 0.684. The lowest BCUT2D eigenvalue weighted by atomic mass is 10.3. The molecule has 10 heavy (non-hydrogen) atoms. The zero-order chi connectivity index (χ0) is 7.98. The molecule has 0 aliphatic heterocycles. The van der Waals surface area contributed by atoms with Crippen molar-refractivity contribution in [2.24, 2.45) is 5.73 Å². The monoisotopic (exact) mass is 163 g/mol. The fourth-order valence-corrected chi connectivity index (χ4v) is 0.628. The summed E-state index contributed by atoms with van der Waals surface area (Å²) in [5.41, 5.74) is 5.49. The zero-order valence-electron chi connectivity index (χ0n) is 6.04. The lowest BCUT2D eigenvalue weighted by Crippen LogP contribution is -2.24. The van der Waals surface area contributed by atoms with Crippen molar-refractivity contribution in [2.45, 2.75) is 19.4 Å². The van der Waals surface area contributed by atoms with Crippen LogP contribution in [0.2, 0.25) is 0 Å². The second-order valence-electron chi connectivity index (χ2n) is 2.07. The molecule has 0 saturated heterocycles. The smallest absolute Gasteiger partial charge is 0.302 e. The molecule has 3 nitrogen and oxygen atoms in total. The van der Waals surface area contributed by atoms with Crippen LogP contribution in [0.5, 0.6) is 0 Å². The predicted molar refractivity (Wildman–Crippen MR) is 43.1 cm³/mol. The minimum absolute atomic E-state index is 0.0303. The van der Waals surface area contributed by atoms with Crippen molar-refractivity contribution >= 4 is 18.6 Å². The molecule has 0 heterocycles. The maximum absolute atomic E-state index is 10.2. The number of nitrogens with two attached hydrogens (primary N) is 1. The van der Waals surface area contributed by atoms with Gasteiger partial charge >= 0.3 is 5.97 Å². The molecule has 0 rings (SSSR count). The molecule has 0 amide bonds. The first kappa shape index (κ1) is 9.78. The molecule has 0 spiro atoms. The number of esters is 1. The van der Waals surface area contributed by atoms with Gasteiger partial charge in [-0.1, -0.05) is 0 Å². The van der Waals surface area contributed by atoms with Gasteiger partial charge < -0.3 is 10.5 Å². The van der Waals surface area contributed by atoms with Crippen molar-refractivity contribution in [3.8, 4) is 0 Å². The van der Waals surface area contributed by atoms with Gasteiger partial charge in [-0.25, -0.2) is 0 Å². The molecule has 0 radical (unpaired) electrons. The Labute approximate surface area is 66.3 Å². The Bertz CT molecular complexity index is 108. The number of ether oxygens (including phenoxy) is 1. The highest BCUT2D eigenvalue weighted by atomic mass is 32.1. The van der Waals surface area contributed by atoms with Crippen LogP contribution in [0.3, 0.4) is 0 Å². The SMILES string of the molecule is CC(=O)OCC[C@H](N)CS. The van der Waals surface area contributed by atoms with Gasteiger partial charge in [0, 0.05) is 18.7 Å². The summed E-state index contributed by atoms with van der Waals surface area (Å²) in [4.78, 5) is 10.2. The van der Waals surface area contributed by atoms with Gasteiger partial charge in [0.05, 0.1) is 6.61 Å². The van der Waals surface area contributed by atoms with E-state index in [1.807, 2.05) is 0 Å². The van der Waals surface area contributed by atoms with E-state index >= 15 is 0 Å². The van der Waals surface area contributed by atoms with Gasteiger partial charge in [-0.3, -0.25) is 4.79 Å². The Hall–Kier alpha value is -0.220. The minimum atomic E-state index is -0.258. The Morgan fingerprint density at radius 3 is 2.80 bits per heavy atom. The highest BCUT2D eigenvalue weighted by Crippen LogP contribution is 1.91. The third kappa shape index (κ3) is 5.91. The van der Waals surface area contributed by atoms with Crippen LogP contribution < -0.4 is 5.73 Å². The fourth-order valence-electron chi connectivity index (χ4n) is 0.445. The molecular formula is C6H13NO2S. The first-order valence-corrected chi connectivity index (χ1v) is 3.80. The summed E-state index contributed by atoms with van der Waals surface area (Å²) in [6.45, 7) is 1.78. The van der Waals surface area contributed by atoms with E-state index in [-0.39, 0.29) is 12.0 Å². The fraction of sp³-hybridized carbons (Fsp3) is 0.833. The number of carbonyl (C=O) groups excluding carboxylic acids is 1. The summed E-state index contributed by atoms with van der Waals surface area (Å²) in [6, 6.07) is 0.0303. The van der Waals surface area contributed by atoms with Crippen molar-refractivity contribution in [2.75, 3.05) is 12.4 Å². The Morgan fingerprint density at radius 2 is 2.40 bits per heavy atom. The van der Waals surface area contributed by atoms with Crippen LogP contribution in [0.1, 0.15) is 13.3 Å². The highest BCUT2D eigenvalue weighted by molar-refractivity contribution is 7.80. The van der Waals surface area contributed by atoms with Gasteiger partial charge in [0.2, 0.25) is 0 Å². The lowest BCUT2D eigenvalue weighted by Gasteiger charge is -2.06. The van der Waals surface area contributed by atoms with Gasteiger partial charge in [-0.2, -0.15) is 12.6 Å². The first-order chi connectivity index (χ1) is 4.66. The van der Waals surface area contributed by atoms with Crippen molar-refractivity contribution < 1.29 is 9.53 Å². The van der Waals surface area contributed by atoms with Gasteiger partial charge in [-0.15, -0.1) is 0 Å². The Balaban J connectivity index is 3.11.